The zero-order valence-electron chi connectivity index (χ0n) is 20.0. The number of hydrogen-bond donors (Lipinski definition) is 8. The van der Waals surface area contributed by atoms with Crippen molar-refractivity contribution in [1.29, 1.82) is 0 Å². The minimum absolute atomic E-state index is 0.0908. The van der Waals surface area contributed by atoms with Crippen LogP contribution in [0.25, 0.3) is 0 Å². The molecule has 0 aromatic heterocycles. The first-order valence-corrected chi connectivity index (χ1v) is 11.4. The van der Waals surface area contributed by atoms with E-state index in [9.17, 15) is 33.9 Å². The van der Waals surface area contributed by atoms with E-state index in [0.717, 1.165) is 0 Å². The summed E-state index contributed by atoms with van der Waals surface area (Å²) in [4.78, 5) is 71.1. The Morgan fingerprint density at radius 3 is 1.89 bits per heavy atom. The van der Waals surface area contributed by atoms with Crippen molar-refractivity contribution < 1.29 is 44.1 Å². The number of carboxylic acids is 3. The van der Waals surface area contributed by atoms with Gasteiger partial charge in [-0.05, 0) is 38.1 Å². The van der Waals surface area contributed by atoms with E-state index >= 15 is 0 Å². The molecule has 3 amide bonds. The number of rotatable bonds is 18. The fourth-order valence-corrected chi connectivity index (χ4v) is 3.04. The number of nitrogens with two attached hydrogens (primary N) is 2. The Balaban J connectivity index is 5.56. The third-order valence-electron chi connectivity index (χ3n) is 5.37. The molecule has 200 valence electrons. The third-order valence-corrected chi connectivity index (χ3v) is 5.37. The SMILES string of the molecule is CCC(C)C(NC(=O)C(N)CCC(=O)O)C(=O)NC(CCCCN)C(=O)NC(CC(=O)O)C(=O)O. The smallest absolute Gasteiger partial charge is 0.326 e. The van der Waals surface area contributed by atoms with Gasteiger partial charge in [0.15, 0.2) is 0 Å². The van der Waals surface area contributed by atoms with Crippen LogP contribution in [0.15, 0.2) is 0 Å². The van der Waals surface area contributed by atoms with E-state index in [2.05, 4.69) is 16.0 Å². The lowest BCUT2D eigenvalue weighted by atomic mass is 9.96. The van der Waals surface area contributed by atoms with Crippen molar-refractivity contribution in [3.05, 3.63) is 0 Å². The number of carboxylic acid groups (broad SMARTS) is 3. The molecule has 0 saturated heterocycles. The highest BCUT2D eigenvalue weighted by molar-refractivity contribution is 5.94. The Hall–Kier alpha value is -3.26. The topological polar surface area (TPSA) is 251 Å². The Labute approximate surface area is 203 Å². The van der Waals surface area contributed by atoms with Crippen molar-refractivity contribution in [3.8, 4) is 0 Å². The van der Waals surface area contributed by atoms with E-state index < -0.39 is 72.1 Å². The third kappa shape index (κ3) is 12.7. The lowest BCUT2D eigenvalue weighted by Crippen LogP contribution is -2.58. The predicted octanol–water partition coefficient (Wildman–Crippen LogP) is -1.63. The molecule has 0 rings (SSSR count). The number of carbonyl (C=O) groups is 6. The minimum Gasteiger partial charge on any atom is -0.481 e. The highest BCUT2D eigenvalue weighted by Crippen LogP contribution is 2.11. The van der Waals surface area contributed by atoms with Gasteiger partial charge < -0.3 is 42.7 Å². The van der Waals surface area contributed by atoms with E-state index in [-0.39, 0.29) is 19.3 Å². The summed E-state index contributed by atoms with van der Waals surface area (Å²) in [7, 11) is 0. The molecule has 0 bridgehead atoms. The van der Waals surface area contributed by atoms with Gasteiger partial charge in [-0.2, -0.15) is 0 Å². The van der Waals surface area contributed by atoms with Gasteiger partial charge in [-0.3, -0.25) is 24.0 Å². The van der Waals surface area contributed by atoms with E-state index in [1.807, 2.05) is 0 Å². The van der Waals surface area contributed by atoms with Crippen LogP contribution in [0.1, 0.15) is 58.8 Å². The van der Waals surface area contributed by atoms with E-state index in [0.29, 0.717) is 25.8 Å². The molecule has 0 aliphatic carbocycles. The molecule has 0 saturated carbocycles. The Morgan fingerprint density at radius 2 is 1.40 bits per heavy atom. The molecule has 0 spiro atoms. The largest absolute Gasteiger partial charge is 0.481 e. The van der Waals surface area contributed by atoms with Crippen molar-refractivity contribution in [2.45, 2.75) is 83.0 Å². The molecular weight excluding hydrogens is 466 g/mol. The van der Waals surface area contributed by atoms with Crippen molar-refractivity contribution in [2.24, 2.45) is 17.4 Å². The lowest BCUT2D eigenvalue weighted by molar-refractivity contribution is -0.147. The minimum atomic E-state index is -1.70. The van der Waals surface area contributed by atoms with Crippen LogP contribution < -0.4 is 27.4 Å². The first-order valence-electron chi connectivity index (χ1n) is 11.4. The normalized spacial score (nSPS) is 15.1. The Morgan fingerprint density at radius 1 is 0.800 bits per heavy atom. The second-order valence-corrected chi connectivity index (χ2v) is 8.25. The van der Waals surface area contributed by atoms with Crippen LogP contribution in [0.5, 0.6) is 0 Å². The van der Waals surface area contributed by atoms with Crippen molar-refractivity contribution >= 4 is 35.6 Å². The van der Waals surface area contributed by atoms with Gasteiger partial charge in [0, 0.05) is 6.42 Å². The number of aliphatic carboxylic acids is 3. The zero-order valence-corrected chi connectivity index (χ0v) is 20.0. The first kappa shape index (κ1) is 31.7. The summed E-state index contributed by atoms with van der Waals surface area (Å²) >= 11 is 0. The summed E-state index contributed by atoms with van der Waals surface area (Å²) in [5, 5.41) is 33.9. The van der Waals surface area contributed by atoms with Gasteiger partial charge in [0.05, 0.1) is 12.5 Å². The average molecular weight is 504 g/mol. The Bertz CT molecular complexity index is 761. The van der Waals surface area contributed by atoms with Crippen molar-refractivity contribution in [1.82, 2.24) is 16.0 Å². The first-order chi connectivity index (χ1) is 16.3. The van der Waals surface area contributed by atoms with Crippen LogP contribution in [0.3, 0.4) is 0 Å². The van der Waals surface area contributed by atoms with Crippen molar-refractivity contribution in [3.63, 3.8) is 0 Å². The van der Waals surface area contributed by atoms with Gasteiger partial charge in [0.1, 0.15) is 18.1 Å². The maximum absolute atomic E-state index is 13.0. The lowest BCUT2D eigenvalue weighted by Gasteiger charge is -2.28. The molecule has 14 nitrogen and oxygen atoms in total. The van der Waals surface area contributed by atoms with Crippen LogP contribution in [-0.2, 0) is 28.8 Å². The molecule has 0 radical (unpaired) electrons. The summed E-state index contributed by atoms with van der Waals surface area (Å²) in [6.07, 6.45) is 0.150. The molecule has 14 heteroatoms. The Kier molecular flexibility index (Phi) is 14.9. The molecule has 0 fully saturated rings. The summed E-state index contributed by atoms with van der Waals surface area (Å²) in [5.74, 6) is -6.85. The number of nitrogens with one attached hydrogen (secondary N) is 3. The molecule has 0 aromatic carbocycles. The van der Waals surface area contributed by atoms with Crippen LogP contribution in [0.4, 0.5) is 0 Å². The van der Waals surface area contributed by atoms with E-state index in [1.54, 1.807) is 13.8 Å². The van der Waals surface area contributed by atoms with E-state index in [4.69, 9.17) is 21.7 Å². The van der Waals surface area contributed by atoms with Gasteiger partial charge in [-0.25, -0.2) is 4.79 Å². The van der Waals surface area contributed by atoms with Crippen LogP contribution in [0.2, 0.25) is 0 Å². The second-order valence-electron chi connectivity index (χ2n) is 8.25. The molecular formula is C21H37N5O9. The number of carbonyl (C=O) groups excluding carboxylic acids is 3. The maximum Gasteiger partial charge on any atom is 0.326 e. The fraction of sp³-hybridized carbons (Fsp3) is 0.714. The monoisotopic (exact) mass is 503 g/mol. The molecule has 5 atom stereocenters. The maximum atomic E-state index is 13.0. The number of amides is 3. The highest BCUT2D eigenvalue weighted by atomic mass is 16.4. The van der Waals surface area contributed by atoms with Crippen LogP contribution in [-0.4, -0.2) is 81.7 Å². The molecule has 5 unspecified atom stereocenters. The molecule has 0 aromatic rings. The van der Waals surface area contributed by atoms with Crippen molar-refractivity contribution in [2.75, 3.05) is 6.54 Å². The van der Waals surface area contributed by atoms with Gasteiger partial charge in [0.25, 0.3) is 0 Å². The molecule has 10 N–H and O–H groups in total. The number of unbranched alkanes of at least 4 members (excludes halogenated alkanes) is 1. The molecule has 0 aliphatic rings. The quantitative estimate of drug-likeness (QED) is 0.0985. The second kappa shape index (κ2) is 16.4. The fourth-order valence-electron chi connectivity index (χ4n) is 3.04. The summed E-state index contributed by atoms with van der Waals surface area (Å²) < 4.78 is 0. The average Bonchev–Trinajstić information content (AvgIpc) is 2.78. The standard InChI is InChI=1S/C21H37N5O9/c1-3-11(2)17(26-18(31)12(23)7-8-15(27)28)20(33)24-13(6-4-5-9-22)19(32)25-14(21(34)35)10-16(29)30/h11-14,17H,3-10,22-23H2,1-2H3,(H,24,33)(H,25,32)(H,26,31)(H,27,28)(H,29,30)(H,34,35). The van der Waals surface area contributed by atoms with Gasteiger partial charge >= 0.3 is 17.9 Å². The van der Waals surface area contributed by atoms with E-state index in [1.165, 1.54) is 0 Å². The molecule has 0 heterocycles. The highest BCUT2D eigenvalue weighted by Gasteiger charge is 2.32. The van der Waals surface area contributed by atoms with Gasteiger partial charge in [-0.1, -0.05) is 20.3 Å². The van der Waals surface area contributed by atoms with Gasteiger partial charge in [0.2, 0.25) is 17.7 Å². The summed E-state index contributed by atoms with van der Waals surface area (Å²) in [6, 6.07) is -5.19. The molecule has 35 heavy (non-hydrogen) atoms. The number of hydrogen-bond acceptors (Lipinski definition) is 8. The van der Waals surface area contributed by atoms with Crippen LogP contribution in [0, 0.1) is 5.92 Å². The summed E-state index contributed by atoms with van der Waals surface area (Å²) in [6.45, 7) is 3.78. The zero-order chi connectivity index (χ0) is 27.1. The summed E-state index contributed by atoms with van der Waals surface area (Å²) in [5.41, 5.74) is 11.2. The van der Waals surface area contributed by atoms with Crippen LogP contribution >= 0.6 is 0 Å². The van der Waals surface area contributed by atoms with Gasteiger partial charge in [-0.15, -0.1) is 0 Å². The predicted molar refractivity (Wildman–Crippen MR) is 123 cm³/mol. The molecule has 0 aliphatic heterocycles.